The Labute approximate surface area is 151 Å². The van der Waals surface area contributed by atoms with Crippen molar-refractivity contribution < 1.29 is 18.7 Å². The maximum atomic E-state index is 13.7. The molecule has 0 bridgehead atoms. The monoisotopic (exact) mass is 356 g/mol. The van der Waals surface area contributed by atoms with Crippen molar-refractivity contribution in [1.82, 2.24) is 9.88 Å². The van der Waals surface area contributed by atoms with Gasteiger partial charge >= 0.3 is 0 Å². The molecule has 0 saturated carbocycles. The Morgan fingerprint density at radius 1 is 1.35 bits per heavy atom. The summed E-state index contributed by atoms with van der Waals surface area (Å²) in [5.41, 5.74) is 1.31. The molecule has 0 unspecified atom stereocenters. The highest BCUT2D eigenvalue weighted by molar-refractivity contribution is 5.96. The molecule has 1 aromatic carbocycles. The van der Waals surface area contributed by atoms with Gasteiger partial charge in [-0.3, -0.25) is 4.79 Å². The van der Waals surface area contributed by atoms with Gasteiger partial charge in [0.25, 0.3) is 5.91 Å². The lowest BCUT2D eigenvalue weighted by molar-refractivity contribution is -0.122. The minimum absolute atomic E-state index is 0.0155. The Bertz CT molecular complexity index is 820. The summed E-state index contributed by atoms with van der Waals surface area (Å²) in [5.74, 6) is -0.309. The fourth-order valence-electron chi connectivity index (χ4n) is 3.75. The first-order valence-electron chi connectivity index (χ1n) is 8.81. The molecule has 5 nitrogen and oxygen atoms in total. The molecule has 1 atom stereocenters. The number of hydrogen-bond acceptors (Lipinski definition) is 4. The fraction of sp³-hybridized carbons (Fsp3) is 0.400. The number of ether oxygens (including phenoxy) is 2. The number of likely N-dealkylation sites (tertiary alicyclic amines) is 1. The molecule has 2 saturated heterocycles. The van der Waals surface area contributed by atoms with Gasteiger partial charge in [-0.05, 0) is 37.1 Å². The number of halogens is 1. The summed E-state index contributed by atoms with van der Waals surface area (Å²) in [5, 5.41) is 0. The summed E-state index contributed by atoms with van der Waals surface area (Å²) in [7, 11) is 0. The van der Waals surface area contributed by atoms with E-state index < -0.39 is 5.82 Å². The molecule has 2 aromatic rings. The highest BCUT2D eigenvalue weighted by Gasteiger charge is 2.54. The number of aromatic nitrogens is 1. The van der Waals surface area contributed by atoms with Gasteiger partial charge in [-0.2, -0.15) is 0 Å². The molecule has 136 valence electrons. The van der Waals surface area contributed by atoms with Gasteiger partial charge in [0, 0.05) is 24.3 Å². The molecular weight excluding hydrogens is 335 g/mol. The largest absolute Gasteiger partial charge is 0.475 e. The molecule has 2 aliphatic rings. The molecule has 1 spiro atoms. The maximum absolute atomic E-state index is 13.7. The molecule has 1 aromatic heterocycles. The first kappa shape index (κ1) is 17.0. The quantitative estimate of drug-likeness (QED) is 0.845. The van der Waals surface area contributed by atoms with Crippen LogP contribution in [-0.4, -0.2) is 47.7 Å². The SMILES string of the molecule is Cc1ccccc1C(=O)N1CC2(C1)OCC[C@H]2COc1ncccc1F. The lowest BCUT2D eigenvalue weighted by atomic mass is 9.81. The number of rotatable bonds is 4. The molecule has 1 amide bonds. The second kappa shape index (κ2) is 6.68. The van der Waals surface area contributed by atoms with Gasteiger partial charge < -0.3 is 14.4 Å². The van der Waals surface area contributed by atoms with Crippen LogP contribution in [0.15, 0.2) is 42.6 Å². The summed E-state index contributed by atoms with van der Waals surface area (Å²) in [6.07, 6.45) is 2.34. The summed E-state index contributed by atoms with van der Waals surface area (Å²) in [4.78, 5) is 18.4. The summed E-state index contributed by atoms with van der Waals surface area (Å²) in [6.45, 7) is 3.98. The van der Waals surface area contributed by atoms with Crippen LogP contribution in [0, 0.1) is 18.7 Å². The van der Waals surface area contributed by atoms with E-state index >= 15 is 0 Å². The zero-order valence-corrected chi connectivity index (χ0v) is 14.7. The van der Waals surface area contributed by atoms with Crippen molar-refractivity contribution in [1.29, 1.82) is 0 Å². The average Bonchev–Trinajstić information content (AvgIpc) is 3.03. The number of aryl methyl sites for hydroxylation is 1. The number of amides is 1. The van der Waals surface area contributed by atoms with E-state index in [1.165, 1.54) is 18.3 Å². The summed E-state index contributed by atoms with van der Waals surface area (Å²) >= 11 is 0. The zero-order chi connectivity index (χ0) is 18.1. The number of carbonyl (C=O) groups excluding carboxylic acids is 1. The van der Waals surface area contributed by atoms with Crippen LogP contribution in [0.25, 0.3) is 0 Å². The van der Waals surface area contributed by atoms with E-state index in [2.05, 4.69) is 4.98 Å². The Kier molecular flexibility index (Phi) is 4.36. The van der Waals surface area contributed by atoms with E-state index in [1.54, 1.807) is 0 Å². The van der Waals surface area contributed by atoms with Gasteiger partial charge in [-0.25, -0.2) is 9.37 Å². The predicted molar refractivity (Wildman–Crippen MR) is 93.6 cm³/mol. The normalized spacial score (nSPS) is 20.8. The van der Waals surface area contributed by atoms with Crippen LogP contribution in [0.1, 0.15) is 22.3 Å². The third-order valence-electron chi connectivity index (χ3n) is 5.33. The van der Waals surface area contributed by atoms with E-state index in [-0.39, 0.29) is 23.3 Å². The van der Waals surface area contributed by atoms with Crippen molar-refractivity contribution in [2.75, 3.05) is 26.3 Å². The third-order valence-corrected chi connectivity index (χ3v) is 5.33. The number of carbonyl (C=O) groups is 1. The predicted octanol–water partition coefficient (Wildman–Crippen LogP) is 2.84. The molecule has 2 aliphatic heterocycles. The Hall–Kier alpha value is -2.47. The van der Waals surface area contributed by atoms with Gasteiger partial charge in [0.15, 0.2) is 5.82 Å². The van der Waals surface area contributed by atoms with Crippen LogP contribution in [0.4, 0.5) is 4.39 Å². The molecular formula is C20H21FN2O3. The highest BCUT2D eigenvalue weighted by Crippen LogP contribution is 2.40. The van der Waals surface area contributed by atoms with Gasteiger partial charge in [0.1, 0.15) is 5.60 Å². The van der Waals surface area contributed by atoms with Crippen molar-refractivity contribution in [3.05, 3.63) is 59.5 Å². The Balaban J connectivity index is 1.40. The van der Waals surface area contributed by atoms with E-state index in [0.29, 0.717) is 26.3 Å². The Morgan fingerprint density at radius 3 is 2.92 bits per heavy atom. The molecule has 2 fully saturated rings. The molecule has 4 rings (SSSR count). The van der Waals surface area contributed by atoms with Gasteiger partial charge in [0.05, 0.1) is 19.7 Å². The van der Waals surface area contributed by atoms with Crippen molar-refractivity contribution >= 4 is 5.91 Å². The standard InChI is InChI=1S/C20H21FN2O3/c1-14-5-2-3-6-16(14)19(24)23-12-20(13-23)15(8-10-26-20)11-25-18-17(21)7-4-9-22-18/h2-7,9,15H,8,10-13H2,1H3/t15-/m0/s1. The first-order valence-corrected chi connectivity index (χ1v) is 8.81. The highest BCUT2D eigenvalue weighted by atomic mass is 19.1. The van der Waals surface area contributed by atoms with Crippen molar-refractivity contribution in [2.24, 2.45) is 5.92 Å². The lowest BCUT2D eigenvalue weighted by Gasteiger charge is -2.50. The van der Waals surface area contributed by atoms with Gasteiger partial charge in [0.2, 0.25) is 5.88 Å². The van der Waals surface area contributed by atoms with Crippen molar-refractivity contribution in [2.45, 2.75) is 18.9 Å². The number of hydrogen-bond donors (Lipinski definition) is 0. The van der Waals surface area contributed by atoms with Crippen LogP contribution >= 0.6 is 0 Å². The van der Waals surface area contributed by atoms with Gasteiger partial charge in [-0.15, -0.1) is 0 Å². The van der Waals surface area contributed by atoms with Gasteiger partial charge in [-0.1, -0.05) is 18.2 Å². The van der Waals surface area contributed by atoms with Crippen LogP contribution in [0.2, 0.25) is 0 Å². The number of nitrogens with zero attached hydrogens (tertiary/aromatic N) is 2. The second-order valence-electron chi connectivity index (χ2n) is 6.98. The number of benzene rings is 1. The average molecular weight is 356 g/mol. The molecule has 26 heavy (non-hydrogen) atoms. The molecule has 6 heteroatoms. The minimum Gasteiger partial charge on any atom is -0.475 e. The van der Waals surface area contributed by atoms with E-state index in [1.807, 2.05) is 36.1 Å². The third kappa shape index (κ3) is 2.94. The molecule has 0 aliphatic carbocycles. The molecule has 0 N–H and O–H groups in total. The van der Waals surface area contributed by atoms with Crippen LogP contribution < -0.4 is 4.74 Å². The minimum atomic E-state index is -0.467. The number of pyridine rings is 1. The maximum Gasteiger partial charge on any atom is 0.254 e. The Morgan fingerprint density at radius 2 is 2.15 bits per heavy atom. The van der Waals surface area contributed by atoms with E-state index in [0.717, 1.165) is 17.5 Å². The first-order chi connectivity index (χ1) is 12.6. The van der Waals surface area contributed by atoms with E-state index in [4.69, 9.17) is 9.47 Å². The molecule has 0 radical (unpaired) electrons. The van der Waals surface area contributed by atoms with Crippen molar-refractivity contribution in [3.63, 3.8) is 0 Å². The van der Waals surface area contributed by atoms with E-state index in [9.17, 15) is 9.18 Å². The topological polar surface area (TPSA) is 51.7 Å². The van der Waals surface area contributed by atoms with Crippen LogP contribution in [0.5, 0.6) is 5.88 Å². The second-order valence-corrected chi connectivity index (χ2v) is 6.98. The summed E-state index contributed by atoms with van der Waals surface area (Å²) in [6, 6.07) is 10.4. The molecule has 3 heterocycles. The fourth-order valence-corrected chi connectivity index (χ4v) is 3.75. The van der Waals surface area contributed by atoms with Crippen LogP contribution in [-0.2, 0) is 4.74 Å². The van der Waals surface area contributed by atoms with Crippen LogP contribution in [0.3, 0.4) is 0 Å². The lowest BCUT2D eigenvalue weighted by Crippen LogP contribution is -2.66. The zero-order valence-electron chi connectivity index (χ0n) is 14.7. The van der Waals surface area contributed by atoms with Crippen molar-refractivity contribution in [3.8, 4) is 5.88 Å². The smallest absolute Gasteiger partial charge is 0.254 e. The summed E-state index contributed by atoms with van der Waals surface area (Å²) < 4.78 is 25.2.